The Morgan fingerprint density at radius 2 is 1.85 bits per heavy atom. The van der Waals surface area contributed by atoms with Crippen LogP contribution in [-0.4, -0.2) is 77.1 Å². The van der Waals surface area contributed by atoms with Crippen LogP contribution in [-0.2, 0) is 16.2 Å². The Kier molecular flexibility index (Phi) is 11.5. The lowest BCUT2D eigenvalue weighted by Gasteiger charge is -2.42. The van der Waals surface area contributed by atoms with E-state index in [1.807, 2.05) is 0 Å². The van der Waals surface area contributed by atoms with E-state index in [0.29, 0.717) is 47.1 Å². The summed E-state index contributed by atoms with van der Waals surface area (Å²) in [6.07, 6.45) is 11.0. The molecule has 0 unspecified atom stereocenters. The van der Waals surface area contributed by atoms with Crippen LogP contribution in [0.5, 0.6) is 11.5 Å². The number of fused-ring (bicyclic) bond motifs is 3. The second-order valence-electron chi connectivity index (χ2n) is 11.7. The Morgan fingerprint density at radius 1 is 1.10 bits per heavy atom. The first-order valence-electron chi connectivity index (χ1n) is 15.5. The van der Waals surface area contributed by atoms with Crippen LogP contribution in [0.25, 0.3) is 0 Å². The van der Waals surface area contributed by atoms with Gasteiger partial charge in [0.1, 0.15) is 12.2 Å². The molecule has 4 atom stereocenters. The fourth-order valence-electron chi connectivity index (χ4n) is 6.68. The zero-order chi connectivity index (χ0) is 29.4. The van der Waals surface area contributed by atoms with E-state index in [-0.39, 0.29) is 31.6 Å². The SMILES string of the molecule is CCCCCCCC(=O)N(CC1CCCCC1)[C@@H]1C=C(C(=O)NCCO)[C@@H]2c3cc(CO)cc(OC)c3O[C@@H]2[C@H]1O. The van der Waals surface area contributed by atoms with Gasteiger partial charge in [0, 0.05) is 30.6 Å². The smallest absolute Gasteiger partial charge is 0.247 e. The normalized spacial score (nSPS) is 23.7. The number of methoxy groups -OCH3 is 1. The van der Waals surface area contributed by atoms with Gasteiger partial charge >= 0.3 is 0 Å². The van der Waals surface area contributed by atoms with Crippen molar-refractivity contribution in [1.82, 2.24) is 10.2 Å². The van der Waals surface area contributed by atoms with E-state index >= 15 is 0 Å². The topological polar surface area (TPSA) is 129 Å². The van der Waals surface area contributed by atoms with Gasteiger partial charge in [0.05, 0.1) is 32.3 Å². The Balaban J connectivity index is 1.70. The second-order valence-corrected chi connectivity index (χ2v) is 11.7. The molecule has 4 rings (SSSR count). The molecule has 2 aliphatic carbocycles. The quantitative estimate of drug-likeness (QED) is 0.251. The molecule has 2 amide bonds. The van der Waals surface area contributed by atoms with Gasteiger partial charge in [-0.2, -0.15) is 0 Å². The average molecular weight is 573 g/mol. The monoisotopic (exact) mass is 572 g/mol. The maximum atomic E-state index is 13.8. The lowest BCUT2D eigenvalue weighted by atomic mass is 9.76. The van der Waals surface area contributed by atoms with Crippen molar-refractivity contribution in [3.05, 3.63) is 34.9 Å². The molecule has 0 saturated heterocycles. The predicted octanol–water partition coefficient (Wildman–Crippen LogP) is 3.58. The number of aliphatic hydroxyl groups is 3. The molecule has 1 aromatic rings. The molecule has 1 aromatic carbocycles. The van der Waals surface area contributed by atoms with Gasteiger partial charge in [0.25, 0.3) is 0 Å². The van der Waals surface area contributed by atoms with E-state index in [2.05, 4.69) is 12.2 Å². The molecule has 0 bridgehead atoms. The molecule has 9 nitrogen and oxygen atoms in total. The first-order chi connectivity index (χ1) is 19.9. The number of amides is 2. The number of hydrogen-bond acceptors (Lipinski definition) is 7. The number of ether oxygens (including phenoxy) is 2. The van der Waals surface area contributed by atoms with Crippen LogP contribution < -0.4 is 14.8 Å². The minimum atomic E-state index is -1.07. The molecule has 0 aromatic heterocycles. The highest BCUT2D eigenvalue weighted by atomic mass is 16.5. The van der Waals surface area contributed by atoms with Gasteiger partial charge in [-0.25, -0.2) is 0 Å². The number of benzene rings is 1. The van der Waals surface area contributed by atoms with Gasteiger partial charge in [-0.15, -0.1) is 0 Å². The number of nitrogens with zero attached hydrogens (tertiary/aromatic N) is 1. The van der Waals surface area contributed by atoms with Crippen LogP contribution in [0.15, 0.2) is 23.8 Å². The van der Waals surface area contributed by atoms with Gasteiger partial charge in [0.15, 0.2) is 11.5 Å². The van der Waals surface area contributed by atoms with Crippen molar-refractivity contribution in [3.8, 4) is 11.5 Å². The summed E-state index contributed by atoms with van der Waals surface area (Å²) in [7, 11) is 1.51. The summed E-state index contributed by atoms with van der Waals surface area (Å²) in [6.45, 7) is 2.36. The first-order valence-corrected chi connectivity index (χ1v) is 15.5. The van der Waals surface area contributed by atoms with Crippen LogP contribution in [0.1, 0.15) is 94.6 Å². The molecule has 1 saturated carbocycles. The average Bonchev–Trinajstić information content (AvgIpc) is 3.39. The van der Waals surface area contributed by atoms with Crippen LogP contribution >= 0.6 is 0 Å². The van der Waals surface area contributed by atoms with Crippen LogP contribution in [0, 0.1) is 5.92 Å². The number of rotatable bonds is 14. The lowest BCUT2D eigenvalue weighted by Crippen LogP contribution is -2.56. The lowest BCUT2D eigenvalue weighted by molar-refractivity contribution is -0.138. The van der Waals surface area contributed by atoms with Crippen LogP contribution in [0.4, 0.5) is 0 Å². The maximum Gasteiger partial charge on any atom is 0.247 e. The van der Waals surface area contributed by atoms with Gasteiger partial charge in [-0.3, -0.25) is 9.59 Å². The fraction of sp³-hybridized carbons (Fsp3) is 0.688. The van der Waals surface area contributed by atoms with Crippen molar-refractivity contribution in [2.24, 2.45) is 5.92 Å². The molecule has 1 aliphatic heterocycles. The third kappa shape index (κ3) is 7.24. The fourth-order valence-corrected chi connectivity index (χ4v) is 6.68. The Labute approximate surface area is 243 Å². The van der Waals surface area contributed by atoms with Gasteiger partial charge in [0.2, 0.25) is 11.8 Å². The van der Waals surface area contributed by atoms with E-state index in [9.17, 15) is 24.9 Å². The van der Waals surface area contributed by atoms with E-state index < -0.39 is 24.2 Å². The largest absolute Gasteiger partial charge is 0.493 e. The Bertz CT molecular complexity index is 1070. The summed E-state index contributed by atoms with van der Waals surface area (Å²) >= 11 is 0. The Morgan fingerprint density at radius 3 is 2.54 bits per heavy atom. The number of carbonyl (C=O) groups is 2. The summed E-state index contributed by atoms with van der Waals surface area (Å²) in [5.74, 6) is 0.211. The highest BCUT2D eigenvalue weighted by molar-refractivity contribution is 5.96. The summed E-state index contributed by atoms with van der Waals surface area (Å²) in [6, 6.07) is 2.74. The zero-order valence-corrected chi connectivity index (χ0v) is 24.6. The molecule has 3 aliphatic rings. The molecular weight excluding hydrogens is 524 g/mol. The Hall–Kier alpha value is -2.62. The number of carbonyl (C=O) groups excluding carboxylic acids is 2. The number of nitrogens with one attached hydrogen (secondary N) is 1. The molecule has 0 radical (unpaired) electrons. The van der Waals surface area contributed by atoms with Gasteiger partial charge in [-0.1, -0.05) is 51.9 Å². The minimum Gasteiger partial charge on any atom is -0.493 e. The molecule has 9 heteroatoms. The second kappa shape index (κ2) is 15.0. The third-order valence-corrected chi connectivity index (χ3v) is 8.85. The van der Waals surface area contributed by atoms with Crippen molar-refractivity contribution in [1.29, 1.82) is 0 Å². The van der Waals surface area contributed by atoms with Gasteiger partial charge < -0.3 is 35.0 Å². The standard InChI is InChI=1S/C32H48N2O7/c1-3-4-5-6-10-13-27(37)34(19-21-11-8-7-9-12-21)25-18-24(32(39)33-14-15-35)28-23-16-22(20-36)17-26(40-2)30(23)41-31(28)29(25)38/h16-18,21,25,28-29,31,35-36,38H,3-15,19-20H2,1-2H3,(H,33,39)/t25-,28+,29+,31+/m1/s1. The van der Waals surface area contributed by atoms with Crippen LogP contribution in [0.2, 0.25) is 0 Å². The van der Waals surface area contributed by atoms with Gasteiger partial charge in [-0.05, 0) is 49.0 Å². The van der Waals surface area contributed by atoms with Crippen molar-refractivity contribution >= 4 is 11.8 Å². The van der Waals surface area contributed by atoms with E-state index in [4.69, 9.17) is 9.47 Å². The molecular formula is C32H48N2O7. The predicted molar refractivity (Wildman–Crippen MR) is 156 cm³/mol. The molecule has 4 N–H and O–H groups in total. The third-order valence-electron chi connectivity index (χ3n) is 8.85. The highest BCUT2D eigenvalue weighted by Crippen LogP contribution is 2.51. The first kappa shape index (κ1) is 31.3. The number of hydrogen-bond donors (Lipinski definition) is 4. The number of unbranched alkanes of at least 4 members (excludes halogenated alkanes) is 4. The molecule has 1 heterocycles. The summed E-state index contributed by atoms with van der Waals surface area (Å²) < 4.78 is 11.9. The molecule has 0 spiro atoms. The van der Waals surface area contributed by atoms with E-state index in [1.165, 1.54) is 13.5 Å². The summed E-state index contributed by atoms with van der Waals surface area (Å²) in [5, 5.41) is 33.8. The van der Waals surface area contributed by atoms with Crippen LogP contribution in [0.3, 0.4) is 0 Å². The summed E-state index contributed by atoms with van der Waals surface area (Å²) in [4.78, 5) is 29.1. The molecule has 228 valence electrons. The van der Waals surface area contributed by atoms with Crippen molar-refractivity contribution in [3.63, 3.8) is 0 Å². The summed E-state index contributed by atoms with van der Waals surface area (Å²) in [5.41, 5.74) is 1.65. The highest BCUT2D eigenvalue weighted by Gasteiger charge is 2.51. The van der Waals surface area contributed by atoms with E-state index in [0.717, 1.165) is 57.8 Å². The zero-order valence-electron chi connectivity index (χ0n) is 24.6. The minimum absolute atomic E-state index is 0.00315. The molecule has 41 heavy (non-hydrogen) atoms. The number of aliphatic hydroxyl groups excluding tert-OH is 3. The van der Waals surface area contributed by atoms with E-state index in [1.54, 1.807) is 23.1 Å². The molecule has 1 fully saturated rings. The maximum absolute atomic E-state index is 13.8. The van der Waals surface area contributed by atoms with Crippen molar-refractivity contribution < 1.29 is 34.4 Å². The van der Waals surface area contributed by atoms with Crippen molar-refractivity contribution in [2.75, 3.05) is 26.8 Å². The van der Waals surface area contributed by atoms with Crippen molar-refractivity contribution in [2.45, 2.75) is 108 Å².